The molecule has 0 unspecified atom stereocenters. The Kier molecular flexibility index (Phi) is 6.06. The molecular formula is C14H18N6O2. The van der Waals surface area contributed by atoms with Crippen molar-refractivity contribution in [2.45, 2.75) is 44.3 Å². The van der Waals surface area contributed by atoms with Crippen molar-refractivity contribution >= 4 is 0 Å². The van der Waals surface area contributed by atoms with E-state index in [1.807, 2.05) is 37.3 Å². The van der Waals surface area contributed by atoms with Crippen molar-refractivity contribution in [3.05, 3.63) is 56.8 Å². The first-order valence-electron chi connectivity index (χ1n) is 7.10. The van der Waals surface area contributed by atoms with Gasteiger partial charge in [0, 0.05) is 9.82 Å². The Bertz CT molecular complexity index is 568. The minimum Gasteiger partial charge on any atom is -0.372 e. The van der Waals surface area contributed by atoms with E-state index in [-0.39, 0.29) is 30.9 Å². The summed E-state index contributed by atoms with van der Waals surface area (Å²) in [7, 11) is 0. The second-order valence-electron chi connectivity index (χ2n) is 5.14. The lowest BCUT2D eigenvalue weighted by Crippen LogP contribution is -2.47. The average Bonchev–Trinajstić information content (AvgIpc) is 2.54. The first kappa shape index (κ1) is 16.1. The van der Waals surface area contributed by atoms with E-state index in [2.05, 4.69) is 20.1 Å². The highest BCUT2D eigenvalue weighted by Gasteiger charge is 2.35. The van der Waals surface area contributed by atoms with Crippen molar-refractivity contribution in [3.8, 4) is 0 Å². The molecule has 1 aromatic rings. The number of ether oxygens (including phenoxy) is 2. The molecule has 1 aromatic carbocycles. The molecule has 0 radical (unpaired) electrons. The summed E-state index contributed by atoms with van der Waals surface area (Å²) in [5.41, 5.74) is 18.2. The molecule has 8 nitrogen and oxygen atoms in total. The lowest BCUT2D eigenvalue weighted by Gasteiger charge is -2.38. The molecule has 0 spiro atoms. The molecule has 0 bridgehead atoms. The largest absolute Gasteiger partial charge is 0.372 e. The first-order chi connectivity index (χ1) is 10.7. The Balaban J connectivity index is 2.04. The fourth-order valence-electron chi connectivity index (χ4n) is 2.47. The summed E-state index contributed by atoms with van der Waals surface area (Å²) in [5.74, 6) is 0. The predicted octanol–water partition coefficient (Wildman–Crippen LogP) is 3.74. The van der Waals surface area contributed by atoms with E-state index >= 15 is 0 Å². The normalized spacial score (nSPS) is 27.5. The van der Waals surface area contributed by atoms with Crippen molar-refractivity contribution in [2.24, 2.45) is 10.2 Å². The molecule has 2 rings (SSSR count). The number of benzene rings is 1. The molecule has 116 valence electrons. The SMILES string of the molecule is C[C@@H]1O[C@H](CN=[N+]=[N-])[C@@H](OCc2ccccc2)C[C@H]1N=[N+]=[N-]. The molecule has 1 aliphatic rings. The van der Waals surface area contributed by atoms with E-state index in [1.54, 1.807) is 0 Å². The fourth-order valence-corrected chi connectivity index (χ4v) is 2.47. The van der Waals surface area contributed by atoms with Crippen LogP contribution in [0.4, 0.5) is 0 Å². The van der Waals surface area contributed by atoms with Crippen molar-refractivity contribution in [3.63, 3.8) is 0 Å². The van der Waals surface area contributed by atoms with Gasteiger partial charge >= 0.3 is 0 Å². The first-order valence-corrected chi connectivity index (χ1v) is 7.10. The third-order valence-corrected chi connectivity index (χ3v) is 3.65. The van der Waals surface area contributed by atoms with Gasteiger partial charge in [-0.3, -0.25) is 0 Å². The Morgan fingerprint density at radius 1 is 1.27 bits per heavy atom. The van der Waals surface area contributed by atoms with Crippen LogP contribution in [0.15, 0.2) is 40.6 Å². The predicted molar refractivity (Wildman–Crippen MR) is 80.9 cm³/mol. The van der Waals surface area contributed by atoms with Crippen LogP contribution in [-0.2, 0) is 16.1 Å². The molecule has 8 heteroatoms. The van der Waals surface area contributed by atoms with Crippen LogP contribution in [0.25, 0.3) is 20.9 Å². The molecule has 0 aromatic heterocycles. The van der Waals surface area contributed by atoms with Crippen molar-refractivity contribution in [2.75, 3.05) is 6.54 Å². The van der Waals surface area contributed by atoms with Gasteiger partial charge in [0.1, 0.15) is 0 Å². The van der Waals surface area contributed by atoms with Crippen LogP contribution in [0.2, 0.25) is 0 Å². The smallest absolute Gasteiger partial charge is 0.0896 e. The van der Waals surface area contributed by atoms with Gasteiger partial charge in [-0.25, -0.2) is 0 Å². The van der Waals surface area contributed by atoms with Gasteiger partial charge in [-0.2, -0.15) is 0 Å². The fraction of sp³-hybridized carbons (Fsp3) is 0.571. The number of rotatable bonds is 6. The summed E-state index contributed by atoms with van der Waals surface area (Å²) in [6, 6.07) is 9.49. The number of hydrogen-bond donors (Lipinski definition) is 0. The lowest BCUT2D eigenvalue weighted by molar-refractivity contribution is -0.141. The van der Waals surface area contributed by atoms with Gasteiger partial charge in [-0.05, 0) is 30.0 Å². The van der Waals surface area contributed by atoms with Crippen LogP contribution >= 0.6 is 0 Å². The Labute approximate surface area is 128 Å². The van der Waals surface area contributed by atoms with Crippen molar-refractivity contribution < 1.29 is 9.47 Å². The Hall–Kier alpha value is -2.24. The van der Waals surface area contributed by atoms with E-state index in [0.29, 0.717) is 13.0 Å². The monoisotopic (exact) mass is 302 g/mol. The number of azide groups is 2. The number of nitrogens with zero attached hydrogens (tertiary/aromatic N) is 6. The summed E-state index contributed by atoms with van der Waals surface area (Å²) >= 11 is 0. The molecule has 1 saturated heterocycles. The van der Waals surface area contributed by atoms with Gasteiger partial charge < -0.3 is 9.47 Å². The van der Waals surface area contributed by atoms with Crippen molar-refractivity contribution in [1.82, 2.24) is 0 Å². The van der Waals surface area contributed by atoms with Gasteiger partial charge in [0.05, 0.1) is 37.5 Å². The zero-order valence-electron chi connectivity index (χ0n) is 12.3. The molecule has 1 fully saturated rings. The molecule has 0 N–H and O–H groups in total. The maximum atomic E-state index is 8.63. The summed E-state index contributed by atoms with van der Waals surface area (Å²) in [5, 5.41) is 7.34. The highest BCUT2D eigenvalue weighted by atomic mass is 16.5. The molecule has 22 heavy (non-hydrogen) atoms. The summed E-state index contributed by atoms with van der Waals surface area (Å²) < 4.78 is 11.7. The summed E-state index contributed by atoms with van der Waals surface area (Å²) in [6.45, 7) is 2.47. The molecule has 0 saturated carbocycles. The van der Waals surface area contributed by atoms with Gasteiger partial charge in [-0.1, -0.05) is 40.6 Å². The Morgan fingerprint density at radius 2 is 2.05 bits per heavy atom. The second-order valence-corrected chi connectivity index (χ2v) is 5.14. The van der Waals surface area contributed by atoms with Crippen LogP contribution in [0.3, 0.4) is 0 Å². The van der Waals surface area contributed by atoms with E-state index < -0.39 is 0 Å². The summed E-state index contributed by atoms with van der Waals surface area (Å²) in [6.07, 6.45) is -0.299. The van der Waals surface area contributed by atoms with E-state index in [0.717, 1.165) is 5.56 Å². The lowest BCUT2D eigenvalue weighted by atomic mass is 9.97. The van der Waals surface area contributed by atoms with E-state index in [1.165, 1.54) is 0 Å². The van der Waals surface area contributed by atoms with Crippen LogP contribution in [0.5, 0.6) is 0 Å². The zero-order valence-corrected chi connectivity index (χ0v) is 12.3. The topological polar surface area (TPSA) is 116 Å². The molecule has 0 amide bonds. The van der Waals surface area contributed by atoms with Gasteiger partial charge in [0.25, 0.3) is 0 Å². The third kappa shape index (κ3) is 4.38. The number of hydrogen-bond acceptors (Lipinski definition) is 4. The highest BCUT2D eigenvalue weighted by Crippen LogP contribution is 2.26. The average molecular weight is 302 g/mol. The molecular weight excluding hydrogens is 284 g/mol. The standard InChI is InChI=1S/C14H18N6O2/c1-10-12(18-20-16)7-13(14(22-10)8-17-19-15)21-9-11-5-3-2-4-6-11/h2-6,10,12-14H,7-9H2,1H3/t10-,12+,13-,14+/m0/s1. The minimum absolute atomic E-state index is 0.198. The molecule has 1 heterocycles. The minimum atomic E-state index is -0.334. The molecule has 1 aliphatic heterocycles. The van der Waals surface area contributed by atoms with Crippen LogP contribution in [0, 0.1) is 0 Å². The van der Waals surface area contributed by atoms with Gasteiger partial charge in [0.2, 0.25) is 0 Å². The van der Waals surface area contributed by atoms with Crippen LogP contribution < -0.4 is 0 Å². The zero-order chi connectivity index (χ0) is 15.8. The Morgan fingerprint density at radius 3 is 2.73 bits per heavy atom. The second kappa shape index (κ2) is 8.26. The van der Waals surface area contributed by atoms with E-state index in [4.69, 9.17) is 20.5 Å². The molecule has 4 atom stereocenters. The van der Waals surface area contributed by atoms with Gasteiger partial charge in [0.15, 0.2) is 0 Å². The van der Waals surface area contributed by atoms with Gasteiger partial charge in [-0.15, -0.1) is 0 Å². The highest BCUT2D eigenvalue weighted by molar-refractivity contribution is 5.13. The maximum absolute atomic E-state index is 8.63. The quantitative estimate of drug-likeness (QED) is 0.452. The molecule has 0 aliphatic carbocycles. The maximum Gasteiger partial charge on any atom is 0.0896 e. The van der Waals surface area contributed by atoms with Crippen LogP contribution in [-0.4, -0.2) is 30.9 Å². The summed E-state index contributed by atoms with van der Waals surface area (Å²) in [4.78, 5) is 5.63. The van der Waals surface area contributed by atoms with Crippen LogP contribution in [0.1, 0.15) is 18.9 Å². The van der Waals surface area contributed by atoms with Crippen molar-refractivity contribution in [1.29, 1.82) is 0 Å². The third-order valence-electron chi connectivity index (χ3n) is 3.65. The van der Waals surface area contributed by atoms with E-state index in [9.17, 15) is 0 Å².